The van der Waals surface area contributed by atoms with Crippen LogP contribution in [0.25, 0.3) is 16.0 Å². The van der Waals surface area contributed by atoms with Crippen LogP contribution in [0.15, 0.2) is 30.3 Å². The van der Waals surface area contributed by atoms with E-state index < -0.39 is 6.36 Å². The third-order valence-electron chi connectivity index (χ3n) is 3.98. The summed E-state index contributed by atoms with van der Waals surface area (Å²) in [6.07, 6.45) is -2.76. The lowest BCUT2D eigenvalue weighted by molar-refractivity contribution is -0.274. The Kier molecular flexibility index (Phi) is 3.91. The lowest BCUT2D eigenvalue weighted by Crippen LogP contribution is -2.24. The number of alkyl halides is 3. The molecule has 9 heteroatoms. The van der Waals surface area contributed by atoms with Crippen molar-refractivity contribution in [1.29, 1.82) is 0 Å². The predicted octanol–water partition coefficient (Wildman–Crippen LogP) is 4.19. The van der Waals surface area contributed by atoms with Crippen LogP contribution in [0, 0.1) is 6.92 Å². The molecule has 0 bridgehead atoms. The van der Waals surface area contributed by atoms with E-state index >= 15 is 0 Å². The van der Waals surface area contributed by atoms with Crippen molar-refractivity contribution in [3.63, 3.8) is 0 Å². The van der Waals surface area contributed by atoms with Gasteiger partial charge in [0.25, 0.3) is 5.91 Å². The van der Waals surface area contributed by atoms with E-state index in [1.807, 2.05) is 0 Å². The Labute approximate surface area is 150 Å². The Morgan fingerprint density at radius 1 is 1.31 bits per heavy atom. The van der Waals surface area contributed by atoms with E-state index in [1.165, 1.54) is 29.5 Å². The summed E-state index contributed by atoms with van der Waals surface area (Å²) in [7, 11) is 0. The smallest absolute Gasteiger partial charge is 0.406 e. The van der Waals surface area contributed by atoms with Crippen LogP contribution < -0.4 is 10.1 Å². The number of fused-ring (bicyclic) bond motifs is 1. The van der Waals surface area contributed by atoms with E-state index in [4.69, 9.17) is 0 Å². The molecule has 1 aliphatic rings. The van der Waals surface area contributed by atoms with E-state index in [0.29, 0.717) is 26.7 Å². The van der Waals surface area contributed by atoms with Crippen molar-refractivity contribution in [2.24, 2.45) is 0 Å². The number of amides is 1. The van der Waals surface area contributed by atoms with Crippen LogP contribution in [0.4, 0.5) is 13.2 Å². The third-order valence-corrected chi connectivity index (χ3v) is 5.04. The number of hydrogen-bond donors (Lipinski definition) is 1. The number of hydrogen-bond acceptors (Lipinski definition) is 4. The largest absolute Gasteiger partial charge is 0.573 e. The number of rotatable bonds is 4. The summed E-state index contributed by atoms with van der Waals surface area (Å²) in [6.45, 7) is 1.76. The highest BCUT2D eigenvalue weighted by atomic mass is 32.1. The molecule has 2 heterocycles. The molecule has 0 unspecified atom stereocenters. The first-order valence-electron chi connectivity index (χ1n) is 7.96. The van der Waals surface area contributed by atoms with Crippen molar-refractivity contribution in [3.8, 4) is 10.8 Å². The summed E-state index contributed by atoms with van der Waals surface area (Å²) in [5.74, 6) is 0.168. The number of thiophene rings is 1. The minimum Gasteiger partial charge on any atom is -0.406 e. The Morgan fingerprint density at radius 2 is 2.08 bits per heavy atom. The number of aryl methyl sites for hydroxylation is 1. The Balaban J connectivity index is 1.71. The minimum atomic E-state index is -4.76. The molecule has 5 nitrogen and oxygen atoms in total. The average Bonchev–Trinajstić information content (AvgIpc) is 3.11. The summed E-state index contributed by atoms with van der Waals surface area (Å²) >= 11 is 1.26. The van der Waals surface area contributed by atoms with Crippen LogP contribution in [0.2, 0.25) is 0 Å². The molecule has 0 radical (unpaired) electrons. The van der Waals surface area contributed by atoms with E-state index in [1.54, 1.807) is 23.6 Å². The van der Waals surface area contributed by atoms with Crippen LogP contribution in [0.5, 0.6) is 5.75 Å². The van der Waals surface area contributed by atoms with Gasteiger partial charge >= 0.3 is 6.36 Å². The molecule has 0 aliphatic heterocycles. The monoisotopic (exact) mass is 381 g/mol. The highest BCUT2D eigenvalue weighted by Gasteiger charge is 2.31. The number of carbonyl (C=O) groups is 1. The molecule has 2 aromatic heterocycles. The lowest BCUT2D eigenvalue weighted by atomic mass is 10.3. The van der Waals surface area contributed by atoms with Gasteiger partial charge in [0, 0.05) is 12.1 Å². The van der Waals surface area contributed by atoms with E-state index in [0.717, 1.165) is 12.8 Å². The Bertz CT molecular complexity index is 989. The Morgan fingerprint density at radius 3 is 2.77 bits per heavy atom. The molecular formula is C17H14F3N3O2S. The SMILES string of the molecule is Cc1nc2ccc(OC(F)(F)F)cc2n1-c1ccc(C(=O)NC2CC2)s1. The van der Waals surface area contributed by atoms with Gasteiger partial charge in [0.15, 0.2) is 0 Å². The van der Waals surface area contributed by atoms with Gasteiger partial charge in [-0.25, -0.2) is 4.98 Å². The molecule has 0 atom stereocenters. The number of imidazole rings is 1. The number of benzene rings is 1. The Hall–Kier alpha value is -2.55. The van der Waals surface area contributed by atoms with Gasteiger partial charge in [-0.3, -0.25) is 9.36 Å². The van der Waals surface area contributed by atoms with Crippen molar-refractivity contribution >= 4 is 28.3 Å². The molecule has 1 amide bonds. The van der Waals surface area contributed by atoms with Gasteiger partial charge in [-0.15, -0.1) is 24.5 Å². The number of carbonyl (C=O) groups excluding carboxylic acids is 1. The lowest BCUT2D eigenvalue weighted by Gasteiger charge is -2.09. The van der Waals surface area contributed by atoms with Crippen molar-refractivity contribution in [1.82, 2.24) is 14.9 Å². The van der Waals surface area contributed by atoms with E-state index in [2.05, 4.69) is 15.0 Å². The predicted molar refractivity (Wildman–Crippen MR) is 90.9 cm³/mol. The molecule has 1 fully saturated rings. The zero-order chi connectivity index (χ0) is 18.5. The second-order valence-corrected chi connectivity index (χ2v) is 7.14. The summed E-state index contributed by atoms with van der Waals surface area (Å²) in [5.41, 5.74) is 1.04. The highest BCUT2D eigenvalue weighted by molar-refractivity contribution is 7.16. The van der Waals surface area contributed by atoms with Crippen LogP contribution in [-0.2, 0) is 0 Å². The first-order valence-corrected chi connectivity index (χ1v) is 8.78. The summed E-state index contributed by atoms with van der Waals surface area (Å²) in [6, 6.07) is 7.73. The molecule has 1 aromatic carbocycles. The van der Waals surface area contributed by atoms with Crippen molar-refractivity contribution in [2.75, 3.05) is 0 Å². The van der Waals surface area contributed by atoms with Crippen molar-refractivity contribution in [3.05, 3.63) is 41.0 Å². The van der Waals surface area contributed by atoms with Gasteiger partial charge in [-0.2, -0.15) is 0 Å². The maximum atomic E-state index is 12.5. The van der Waals surface area contributed by atoms with Gasteiger partial charge in [0.1, 0.15) is 16.6 Å². The number of halogens is 3. The fourth-order valence-corrected chi connectivity index (χ4v) is 3.68. The zero-order valence-corrected chi connectivity index (χ0v) is 14.4. The van der Waals surface area contributed by atoms with Gasteiger partial charge in [-0.1, -0.05) is 0 Å². The maximum absolute atomic E-state index is 12.5. The average molecular weight is 381 g/mol. The fourth-order valence-electron chi connectivity index (χ4n) is 2.70. The third kappa shape index (κ3) is 3.39. The van der Waals surface area contributed by atoms with Crippen molar-refractivity contribution in [2.45, 2.75) is 32.2 Å². The summed E-state index contributed by atoms with van der Waals surface area (Å²) in [4.78, 5) is 17.1. The molecule has 0 spiro atoms. The van der Waals surface area contributed by atoms with E-state index in [-0.39, 0.29) is 17.7 Å². The van der Waals surface area contributed by atoms with E-state index in [9.17, 15) is 18.0 Å². The van der Waals surface area contributed by atoms with Gasteiger partial charge in [0.05, 0.1) is 15.9 Å². The molecular weight excluding hydrogens is 367 g/mol. The maximum Gasteiger partial charge on any atom is 0.573 e. The van der Waals surface area contributed by atoms with Crippen LogP contribution in [-0.4, -0.2) is 27.9 Å². The van der Waals surface area contributed by atoms with Crippen molar-refractivity contribution < 1.29 is 22.7 Å². The van der Waals surface area contributed by atoms with Gasteiger partial charge < -0.3 is 10.1 Å². The van der Waals surface area contributed by atoms with Crippen LogP contribution in [0.1, 0.15) is 28.3 Å². The van der Waals surface area contributed by atoms with Crippen LogP contribution in [0.3, 0.4) is 0 Å². The number of nitrogens with zero attached hydrogens (tertiary/aromatic N) is 2. The summed E-state index contributed by atoms with van der Waals surface area (Å²) in [5, 5.41) is 3.62. The first kappa shape index (κ1) is 16.9. The topological polar surface area (TPSA) is 56.2 Å². The normalized spacial score (nSPS) is 14.6. The molecule has 0 saturated heterocycles. The molecule has 3 aromatic rings. The first-order chi connectivity index (χ1) is 12.3. The molecule has 1 N–H and O–H groups in total. The molecule has 1 saturated carbocycles. The minimum absolute atomic E-state index is 0.132. The molecule has 4 rings (SSSR count). The highest BCUT2D eigenvalue weighted by Crippen LogP contribution is 2.31. The van der Waals surface area contributed by atoms with Gasteiger partial charge in [-0.05, 0) is 44.0 Å². The molecule has 26 heavy (non-hydrogen) atoms. The number of ether oxygens (including phenoxy) is 1. The zero-order valence-electron chi connectivity index (χ0n) is 13.6. The quantitative estimate of drug-likeness (QED) is 0.737. The standard InChI is InChI=1S/C17H14F3N3O2S/c1-9-21-12-5-4-11(25-17(18,19)20)8-13(12)23(9)15-7-6-14(26-15)16(24)22-10-2-3-10/h4-8,10H,2-3H2,1H3,(H,22,24). The fraction of sp³-hybridized carbons (Fsp3) is 0.294. The second kappa shape index (κ2) is 6.01. The summed E-state index contributed by atoms with van der Waals surface area (Å²) < 4.78 is 43.2. The second-order valence-electron chi connectivity index (χ2n) is 6.08. The molecule has 1 aliphatic carbocycles. The van der Waals surface area contributed by atoms with Gasteiger partial charge in [0.2, 0.25) is 0 Å². The number of nitrogens with one attached hydrogen (secondary N) is 1. The van der Waals surface area contributed by atoms with Crippen LogP contribution >= 0.6 is 11.3 Å². The molecule has 136 valence electrons. The number of aromatic nitrogens is 2.